The van der Waals surface area contributed by atoms with Crippen molar-refractivity contribution < 1.29 is 4.74 Å². The molecule has 0 atom stereocenters. The highest BCUT2D eigenvalue weighted by atomic mass is 16.5. The fourth-order valence-electron chi connectivity index (χ4n) is 2.10. The molecule has 1 aromatic heterocycles. The normalized spacial score (nSPS) is 15.8. The molecule has 0 amide bonds. The fraction of sp³-hybridized carbons (Fsp3) is 0.667. The number of nitrogens with one attached hydrogen (secondary N) is 1. The lowest BCUT2D eigenvalue weighted by Gasteiger charge is -2.20. The summed E-state index contributed by atoms with van der Waals surface area (Å²) in [6, 6.07) is 0. The maximum Gasteiger partial charge on any atom is 0.292 e. The van der Waals surface area contributed by atoms with Crippen LogP contribution in [0.2, 0.25) is 0 Å². The van der Waals surface area contributed by atoms with E-state index in [9.17, 15) is 0 Å². The summed E-state index contributed by atoms with van der Waals surface area (Å²) in [6.45, 7) is 4.00. The van der Waals surface area contributed by atoms with Crippen LogP contribution in [0.1, 0.15) is 57.6 Å². The Kier molecular flexibility index (Phi) is 5.41. The largest absolute Gasteiger partial charge is 0.384 e. The van der Waals surface area contributed by atoms with Crippen LogP contribution in [0.25, 0.3) is 0 Å². The molecule has 1 saturated carbocycles. The van der Waals surface area contributed by atoms with Gasteiger partial charge < -0.3 is 4.74 Å². The average Bonchev–Trinajstić information content (AvgIpc) is 2.82. The molecule has 0 radical (unpaired) electrons. The van der Waals surface area contributed by atoms with E-state index in [0.717, 1.165) is 5.69 Å². The minimum atomic E-state index is 0.495. The van der Waals surface area contributed by atoms with Crippen molar-refractivity contribution >= 4 is 0 Å². The standard InChI is InChI=1S/C10H13N3O.C2H6/c11-7-14-9-6-12-13-10(9)8-4-2-1-3-5-8;1-2/h6,8H,1-5H2,(H,12,13);1-2H3. The van der Waals surface area contributed by atoms with Crippen LogP contribution >= 0.6 is 0 Å². The molecule has 2 rings (SSSR count). The second kappa shape index (κ2) is 6.89. The van der Waals surface area contributed by atoms with E-state index in [1.807, 2.05) is 13.8 Å². The van der Waals surface area contributed by atoms with Crippen molar-refractivity contribution in [1.29, 1.82) is 5.26 Å². The summed E-state index contributed by atoms with van der Waals surface area (Å²) in [5, 5.41) is 15.3. The average molecular weight is 221 g/mol. The zero-order valence-electron chi connectivity index (χ0n) is 9.99. The van der Waals surface area contributed by atoms with E-state index in [2.05, 4.69) is 10.2 Å². The third kappa shape index (κ3) is 2.99. The van der Waals surface area contributed by atoms with Gasteiger partial charge in [0.15, 0.2) is 5.75 Å². The van der Waals surface area contributed by atoms with Crippen molar-refractivity contribution in [3.8, 4) is 12.0 Å². The maximum absolute atomic E-state index is 8.45. The van der Waals surface area contributed by atoms with Crippen molar-refractivity contribution in [3.63, 3.8) is 0 Å². The van der Waals surface area contributed by atoms with E-state index < -0.39 is 0 Å². The molecule has 0 aliphatic heterocycles. The van der Waals surface area contributed by atoms with Gasteiger partial charge in [0.05, 0.1) is 11.9 Å². The Morgan fingerprint density at radius 3 is 2.69 bits per heavy atom. The molecule has 0 saturated heterocycles. The van der Waals surface area contributed by atoms with Gasteiger partial charge >= 0.3 is 0 Å². The second-order valence-electron chi connectivity index (χ2n) is 3.68. The summed E-state index contributed by atoms with van der Waals surface area (Å²) in [6.07, 6.45) is 9.45. The van der Waals surface area contributed by atoms with E-state index in [-0.39, 0.29) is 0 Å². The summed E-state index contributed by atoms with van der Waals surface area (Å²) < 4.78 is 4.84. The summed E-state index contributed by atoms with van der Waals surface area (Å²) in [4.78, 5) is 0. The minimum absolute atomic E-state index is 0.495. The molecule has 1 aliphatic rings. The van der Waals surface area contributed by atoms with Crippen LogP contribution in [-0.2, 0) is 0 Å². The van der Waals surface area contributed by atoms with E-state index >= 15 is 0 Å². The van der Waals surface area contributed by atoms with E-state index in [1.165, 1.54) is 32.1 Å². The monoisotopic (exact) mass is 221 g/mol. The SMILES string of the molecule is CC.N#COc1cn[nH]c1C1CCCCC1. The number of ether oxygens (including phenoxy) is 1. The van der Waals surface area contributed by atoms with Gasteiger partial charge in [-0.05, 0) is 12.8 Å². The van der Waals surface area contributed by atoms with E-state index in [1.54, 1.807) is 12.5 Å². The number of nitrogens with zero attached hydrogens (tertiary/aromatic N) is 2. The van der Waals surface area contributed by atoms with Crippen LogP contribution in [0.4, 0.5) is 0 Å². The highest BCUT2D eigenvalue weighted by Gasteiger charge is 2.21. The number of aromatic amines is 1. The van der Waals surface area contributed by atoms with Crippen molar-refractivity contribution in [2.24, 2.45) is 0 Å². The molecule has 1 N–H and O–H groups in total. The molecule has 1 heterocycles. The summed E-state index contributed by atoms with van der Waals surface area (Å²) in [5.74, 6) is 1.09. The fourth-order valence-corrected chi connectivity index (χ4v) is 2.10. The lowest BCUT2D eigenvalue weighted by molar-refractivity contribution is 0.419. The van der Waals surface area contributed by atoms with Crippen LogP contribution in [0.3, 0.4) is 0 Å². The summed E-state index contributed by atoms with van der Waals surface area (Å²) >= 11 is 0. The summed E-state index contributed by atoms with van der Waals surface area (Å²) in [7, 11) is 0. The van der Waals surface area contributed by atoms with Crippen LogP contribution in [0, 0.1) is 11.5 Å². The predicted octanol–water partition coefficient (Wildman–Crippen LogP) is 3.34. The Labute approximate surface area is 96.6 Å². The van der Waals surface area contributed by atoms with Crippen LogP contribution in [-0.4, -0.2) is 10.2 Å². The Balaban J connectivity index is 0.000000606. The van der Waals surface area contributed by atoms with Gasteiger partial charge in [-0.1, -0.05) is 33.1 Å². The number of rotatable bonds is 2. The lowest BCUT2D eigenvalue weighted by atomic mass is 9.87. The Morgan fingerprint density at radius 2 is 2.06 bits per heavy atom. The maximum atomic E-state index is 8.45. The number of hydrogen-bond acceptors (Lipinski definition) is 3. The lowest BCUT2D eigenvalue weighted by Crippen LogP contribution is -2.06. The van der Waals surface area contributed by atoms with Gasteiger partial charge in [-0.15, -0.1) is 5.26 Å². The Bertz CT molecular complexity index is 334. The van der Waals surface area contributed by atoms with E-state index in [0.29, 0.717) is 11.7 Å². The molecule has 0 aromatic carbocycles. The van der Waals surface area contributed by atoms with Gasteiger partial charge in [0, 0.05) is 5.92 Å². The van der Waals surface area contributed by atoms with Crippen molar-refractivity contribution in [2.45, 2.75) is 51.9 Å². The van der Waals surface area contributed by atoms with Crippen molar-refractivity contribution in [3.05, 3.63) is 11.9 Å². The molecule has 0 bridgehead atoms. The van der Waals surface area contributed by atoms with E-state index in [4.69, 9.17) is 10.00 Å². The molecule has 1 aromatic rings. The zero-order valence-corrected chi connectivity index (χ0v) is 9.99. The minimum Gasteiger partial charge on any atom is -0.384 e. The van der Waals surface area contributed by atoms with Gasteiger partial charge in [0.1, 0.15) is 0 Å². The van der Waals surface area contributed by atoms with Gasteiger partial charge in [-0.2, -0.15) is 5.10 Å². The second-order valence-corrected chi connectivity index (χ2v) is 3.68. The number of H-pyrrole nitrogens is 1. The molecular weight excluding hydrogens is 202 g/mol. The smallest absolute Gasteiger partial charge is 0.292 e. The first-order valence-electron chi connectivity index (χ1n) is 6.01. The quantitative estimate of drug-likeness (QED) is 0.779. The predicted molar refractivity (Wildman–Crippen MR) is 62.0 cm³/mol. The molecule has 4 heteroatoms. The van der Waals surface area contributed by atoms with Crippen LogP contribution in [0.15, 0.2) is 6.20 Å². The topological polar surface area (TPSA) is 61.7 Å². The third-order valence-corrected chi connectivity index (χ3v) is 2.80. The Morgan fingerprint density at radius 1 is 1.38 bits per heavy atom. The van der Waals surface area contributed by atoms with Gasteiger partial charge in [-0.3, -0.25) is 5.10 Å². The highest BCUT2D eigenvalue weighted by molar-refractivity contribution is 5.28. The number of nitriles is 1. The molecule has 0 unspecified atom stereocenters. The molecule has 4 nitrogen and oxygen atoms in total. The van der Waals surface area contributed by atoms with Crippen LogP contribution in [0.5, 0.6) is 5.75 Å². The highest BCUT2D eigenvalue weighted by Crippen LogP contribution is 2.35. The summed E-state index contributed by atoms with van der Waals surface area (Å²) in [5.41, 5.74) is 0.992. The zero-order chi connectivity index (χ0) is 11.8. The first-order chi connectivity index (χ1) is 7.92. The molecule has 16 heavy (non-hydrogen) atoms. The Hall–Kier alpha value is -1.50. The number of aromatic nitrogens is 2. The van der Waals surface area contributed by atoms with Crippen molar-refractivity contribution in [1.82, 2.24) is 10.2 Å². The molecular formula is C12H19N3O. The molecule has 0 spiro atoms. The van der Waals surface area contributed by atoms with Gasteiger partial charge in [-0.25, -0.2) is 0 Å². The number of hydrogen-bond donors (Lipinski definition) is 1. The third-order valence-electron chi connectivity index (χ3n) is 2.80. The van der Waals surface area contributed by atoms with Gasteiger partial charge in [0.2, 0.25) is 0 Å². The van der Waals surface area contributed by atoms with Crippen molar-refractivity contribution in [2.75, 3.05) is 0 Å². The molecule has 1 fully saturated rings. The van der Waals surface area contributed by atoms with Gasteiger partial charge in [0.25, 0.3) is 6.26 Å². The first-order valence-corrected chi connectivity index (χ1v) is 6.01. The molecule has 1 aliphatic carbocycles. The van der Waals surface area contributed by atoms with Crippen LogP contribution < -0.4 is 4.74 Å². The first kappa shape index (κ1) is 12.6. The molecule has 88 valence electrons.